The summed E-state index contributed by atoms with van der Waals surface area (Å²) in [6.45, 7) is 11.7. The Labute approximate surface area is 99.2 Å². The van der Waals surface area contributed by atoms with Crippen LogP contribution in [-0.4, -0.2) is 34.3 Å². The van der Waals surface area contributed by atoms with Gasteiger partial charge in [-0.3, -0.25) is 0 Å². The van der Waals surface area contributed by atoms with Crippen LogP contribution in [0.1, 0.15) is 47.5 Å². The molecule has 0 amide bonds. The Hall–Kier alpha value is 0.270. The highest BCUT2D eigenvalue weighted by Crippen LogP contribution is 2.23. The molecule has 0 saturated carbocycles. The second-order valence-corrected chi connectivity index (χ2v) is 6.30. The summed E-state index contributed by atoms with van der Waals surface area (Å²) < 4.78 is 0. The normalized spacial score (nSPS) is 19.6. The Morgan fingerprint density at radius 2 is 1.80 bits per heavy atom. The van der Waals surface area contributed by atoms with E-state index in [0.717, 1.165) is 6.54 Å². The van der Waals surface area contributed by atoms with Gasteiger partial charge in [-0.2, -0.15) is 11.8 Å². The summed E-state index contributed by atoms with van der Waals surface area (Å²) in [7, 11) is 0. The zero-order chi connectivity index (χ0) is 11.8. The number of hydrogen-bond donors (Lipinski definition) is 2. The molecule has 0 bridgehead atoms. The van der Waals surface area contributed by atoms with Gasteiger partial charge >= 0.3 is 0 Å². The Morgan fingerprint density at radius 3 is 2.27 bits per heavy atom. The second kappa shape index (κ2) is 8.43. The van der Waals surface area contributed by atoms with Gasteiger partial charge in [0, 0.05) is 16.5 Å². The molecule has 3 heteroatoms. The summed E-state index contributed by atoms with van der Waals surface area (Å²) in [5.41, 5.74) is 0. The first-order chi connectivity index (χ1) is 6.97. The third kappa shape index (κ3) is 8.12. The molecule has 0 radical (unpaired) electrons. The van der Waals surface area contributed by atoms with Crippen LogP contribution >= 0.6 is 11.8 Å². The van der Waals surface area contributed by atoms with Crippen LogP contribution in [0.25, 0.3) is 0 Å². The first-order valence-electron chi connectivity index (χ1n) is 6.04. The van der Waals surface area contributed by atoms with Crippen LogP contribution in [0.3, 0.4) is 0 Å². The molecule has 0 aromatic carbocycles. The van der Waals surface area contributed by atoms with E-state index in [2.05, 4.69) is 33.0 Å². The van der Waals surface area contributed by atoms with Crippen LogP contribution in [0, 0.1) is 0 Å². The third-order valence-corrected chi connectivity index (χ3v) is 4.03. The Morgan fingerprint density at radius 1 is 1.20 bits per heavy atom. The Balaban J connectivity index is 3.67. The highest BCUT2D eigenvalue weighted by atomic mass is 32.2. The molecule has 0 rings (SSSR count). The smallest absolute Gasteiger partial charge is 0.0628 e. The summed E-state index contributed by atoms with van der Waals surface area (Å²) in [5.74, 6) is 0. The van der Waals surface area contributed by atoms with Crippen LogP contribution < -0.4 is 5.32 Å². The van der Waals surface area contributed by atoms with E-state index in [0.29, 0.717) is 16.5 Å². The van der Waals surface area contributed by atoms with E-state index < -0.39 is 0 Å². The minimum Gasteiger partial charge on any atom is -0.392 e. The van der Waals surface area contributed by atoms with Crippen molar-refractivity contribution in [2.45, 2.75) is 70.1 Å². The SMILES string of the molecule is CCCNC(C)CC(C)SC(C)C(C)O. The molecule has 0 saturated heterocycles. The maximum Gasteiger partial charge on any atom is 0.0628 e. The average molecular weight is 233 g/mol. The van der Waals surface area contributed by atoms with Gasteiger partial charge in [0.1, 0.15) is 0 Å². The van der Waals surface area contributed by atoms with Crippen molar-refractivity contribution in [3.05, 3.63) is 0 Å². The molecule has 0 aliphatic carbocycles. The average Bonchev–Trinajstić information content (AvgIpc) is 2.14. The molecule has 0 spiro atoms. The van der Waals surface area contributed by atoms with Crippen molar-refractivity contribution < 1.29 is 5.11 Å². The minimum atomic E-state index is -0.212. The van der Waals surface area contributed by atoms with E-state index in [1.54, 1.807) is 0 Å². The predicted octanol–water partition coefficient (Wildman–Crippen LogP) is 2.66. The Kier molecular flexibility index (Phi) is 8.58. The van der Waals surface area contributed by atoms with E-state index in [1.165, 1.54) is 12.8 Å². The maximum atomic E-state index is 9.41. The number of thioether (sulfide) groups is 1. The molecule has 92 valence electrons. The standard InChI is InChI=1S/C12H27NOS/c1-6-7-13-9(2)8-10(3)15-12(5)11(4)14/h9-14H,6-8H2,1-5H3. The molecule has 0 fully saturated rings. The fourth-order valence-corrected chi connectivity index (χ4v) is 2.87. The molecular formula is C12H27NOS. The van der Waals surface area contributed by atoms with Gasteiger partial charge in [0.2, 0.25) is 0 Å². The monoisotopic (exact) mass is 233 g/mol. The summed E-state index contributed by atoms with van der Waals surface area (Å²) in [5, 5.41) is 13.8. The first-order valence-corrected chi connectivity index (χ1v) is 6.98. The fourth-order valence-electron chi connectivity index (χ4n) is 1.51. The minimum absolute atomic E-state index is 0.212. The van der Waals surface area contributed by atoms with Gasteiger partial charge < -0.3 is 10.4 Å². The summed E-state index contributed by atoms with van der Waals surface area (Å²) >= 11 is 1.88. The predicted molar refractivity (Wildman–Crippen MR) is 70.6 cm³/mol. The van der Waals surface area contributed by atoms with Crippen LogP contribution in [0.4, 0.5) is 0 Å². The van der Waals surface area contributed by atoms with Gasteiger partial charge in [-0.05, 0) is 33.2 Å². The van der Waals surface area contributed by atoms with E-state index >= 15 is 0 Å². The molecule has 0 heterocycles. The van der Waals surface area contributed by atoms with Gasteiger partial charge in [-0.25, -0.2) is 0 Å². The highest BCUT2D eigenvalue weighted by Gasteiger charge is 2.15. The van der Waals surface area contributed by atoms with Crippen molar-refractivity contribution in [3.8, 4) is 0 Å². The summed E-state index contributed by atoms with van der Waals surface area (Å²) in [4.78, 5) is 0. The Bertz CT molecular complexity index is 153. The van der Waals surface area contributed by atoms with Crippen molar-refractivity contribution in [1.82, 2.24) is 5.32 Å². The van der Waals surface area contributed by atoms with Crippen LogP contribution in [0.5, 0.6) is 0 Å². The molecule has 4 unspecified atom stereocenters. The van der Waals surface area contributed by atoms with Crippen molar-refractivity contribution in [2.75, 3.05) is 6.54 Å². The van der Waals surface area contributed by atoms with E-state index in [4.69, 9.17) is 0 Å². The van der Waals surface area contributed by atoms with Gasteiger partial charge in [0.05, 0.1) is 6.10 Å². The van der Waals surface area contributed by atoms with E-state index in [-0.39, 0.29) is 6.10 Å². The first kappa shape index (κ1) is 15.3. The molecule has 0 aromatic rings. The molecule has 0 aliphatic rings. The molecule has 2 N–H and O–H groups in total. The lowest BCUT2D eigenvalue weighted by molar-refractivity contribution is 0.196. The van der Waals surface area contributed by atoms with Gasteiger partial charge in [0.25, 0.3) is 0 Å². The third-order valence-electron chi connectivity index (χ3n) is 2.55. The summed E-state index contributed by atoms with van der Waals surface area (Å²) in [6.07, 6.45) is 2.15. The molecular weight excluding hydrogens is 206 g/mol. The quantitative estimate of drug-likeness (QED) is 0.676. The van der Waals surface area contributed by atoms with Crippen LogP contribution in [0.2, 0.25) is 0 Å². The molecule has 4 atom stereocenters. The van der Waals surface area contributed by atoms with Crippen molar-refractivity contribution >= 4 is 11.8 Å². The van der Waals surface area contributed by atoms with Gasteiger partial charge in [0.15, 0.2) is 0 Å². The number of aliphatic hydroxyl groups excluding tert-OH is 1. The van der Waals surface area contributed by atoms with Crippen molar-refractivity contribution in [2.24, 2.45) is 0 Å². The largest absolute Gasteiger partial charge is 0.392 e. The zero-order valence-corrected chi connectivity index (χ0v) is 11.6. The highest BCUT2D eigenvalue weighted by molar-refractivity contribution is 8.00. The lowest BCUT2D eigenvalue weighted by atomic mass is 10.2. The second-order valence-electron chi connectivity index (χ2n) is 4.48. The lowest BCUT2D eigenvalue weighted by Crippen LogP contribution is -2.30. The zero-order valence-electron chi connectivity index (χ0n) is 10.8. The fraction of sp³-hybridized carbons (Fsp3) is 1.00. The number of aliphatic hydroxyl groups is 1. The van der Waals surface area contributed by atoms with E-state index in [1.807, 2.05) is 18.7 Å². The molecule has 0 aliphatic heterocycles. The van der Waals surface area contributed by atoms with E-state index in [9.17, 15) is 5.11 Å². The molecule has 2 nitrogen and oxygen atoms in total. The summed E-state index contributed by atoms with van der Waals surface area (Å²) in [6, 6.07) is 0.577. The van der Waals surface area contributed by atoms with Crippen molar-refractivity contribution in [1.29, 1.82) is 0 Å². The van der Waals surface area contributed by atoms with Gasteiger partial charge in [-0.1, -0.05) is 20.8 Å². The van der Waals surface area contributed by atoms with Gasteiger partial charge in [-0.15, -0.1) is 0 Å². The molecule has 0 aromatic heterocycles. The van der Waals surface area contributed by atoms with Crippen molar-refractivity contribution in [3.63, 3.8) is 0 Å². The lowest BCUT2D eigenvalue weighted by Gasteiger charge is -2.22. The topological polar surface area (TPSA) is 32.3 Å². The van der Waals surface area contributed by atoms with Crippen LogP contribution in [-0.2, 0) is 0 Å². The van der Waals surface area contributed by atoms with Crippen LogP contribution in [0.15, 0.2) is 0 Å². The number of rotatable bonds is 8. The number of hydrogen-bond acceptors (Lipinski definition) is 3. The maximum absolute atomic E-state index is 9.41. The molecule has 15 heavy (non-hydrogen) atoms. The number of nitrogens with one attached hydrogen (secondary N) is 1.